The molecule has 1 fully saturated rings. The summed E-state index contributed by atoms with van der Waals surface area (Å²) in [4.78, 5) is 24.5. The Balaban J connectivity index is 2.66. The molecule has 4 heteroatoms. The van der Waals surface area contributed by atoms with Crippen molar-refractivity contribution in [3.63, 3.8) is 0 Å². The smallest absolute Gasteiger partial charge is 0.311 e. The molecule has 25 heavy (non-hydrogen) atoms. The highest BCUT2D eigenvalue weighted by Gasteiger charge is 2.49. The lowest BCUT2D eigenvalue weighted by molar-refractivity contribution is -0.186. The van der Waals surface area contributed by atoms with Gasteiger partial charge in [-0.3, -0.25) is 9.59 Å². The molecular formula is C21H38O4. The third-order valence-corrected chi connectivity index (χ3v) is 6.61. The SMILES string of the molecule is CCC(C)(C)C(=O)OCCC(=O)OC1(C(C)(CC)CC)CCCCC1. The van der Waals surface area contributed by atoms with E-state index in [1.54, 1.807) is 0 Å². The standard InChI is InChI=1S/C21H38O4/c1-7-19(4,5)18(23)24-16-13-17(22)25-21(14-11-10-12-15-21)20(6,8-2)9-3/h7-16H2,1-6H3. The molecule has 0 aromatic carbocycles. The molecular weight excluding hydrogens is 316 g/mol. The number of ether oxygens (including phenoxy) is 2. The molecule has 0 saturated heterocycles. The molecule has 0 N–H and O–H groups in total. The first-order valence-corrected chi connectivity index (χ1v) is 10.1. The fourth-order valence-corrected chi connectivity index (χ4v) is 3.68. The van der Waals surface area contributed by atoms with Gasteiger partial charge in [0.25, 0.3) is 0 Å². The first-order valence-electron chi connectivity index (χ1n) is 10.1. The van der Waals surface area contributed by atoms with Crippen molar-refractivity contribution in [2.45, 2.75) is 105 Å². The number of carbonyl (C=O) groups excluding carboxylic acids is 2. The molecule has 0 aromatic rings. The first kappa shape index (κ1) is 22.0. The Morgan fingerprint density at radius 1 is 0.920 bits per heavy atom. The monoisotopic (exact) mass is 354 g/mol. The maximum Gasteiger partial charge on any atom is 0.311 e. The van der Waals surface area contributed by atoms with Gasteiger partial charge < -0.3 is 9.47 Å². The molecule has 4 nitrogen and oxygen atoms in total. The van der Waals surface area contributed by atoms with E-state index in [0.29, 0.717) is 6.42 Å². The van der Waals surface area contributed by atoms with E-state index in [9.17, 15) is 9.59 Å². The quantitative estimate of drug-likeness (QED) is 0.518. The van der Waals surface area contributed by atoms with E-state index in [-0.39, 0.29) is 36.0 Å². The molecule has 146 valence electrons. The number of hydrogen-bond acceptors (Lipinski definition) is 4. The van der Waals surface area contributed by atoms with Crippen molar-refractivity contribution < 1.29 is 19.1 Å². The van der Waals surface area contributed by atoms with E-state index in [1.165, 1.54) is 6.42 Å². The minimum Gasteiger partial charge on any atom is -0.465 e. The van der Waals surface area contributed by atoms with Crippen LogP contribution in [0.4, 0.5) is 0 Å². The molecule has 0 aromatic heterocycles. The summed E-state index contributed by atoms with van der Waals surface area (Å²) >= 11 is 0. The Hall–Kier alpha value is -1.06. The normalized spacial score (nSPS) is 17.8. The number of carbonyl (C=O) groups is 2. The number of rotatable bonds is 9. The van der Waals surface area contributed by atoms with Crippen LogP contribution >= 0.6 is 0 Å². The summed E-state index contributed by atoms with van der Waals surface area (Å²) < 4.78 is 11.4. The van der Waals surface area contributed by atoms with E-state index in [4.69, 9.17) is 9.47 Å². The van der Waals surface area contributed by atoms with Gasteiger partial charge in [-0.2, -0.15) is 0 Å². The van der Waals surface area contributed by atoms with Crippen LogP contribution in [0.25, 0.3) is 0 Å². The van der Waals surface area contributed by atoms with Crippen LogP contribution in [-0.2, 0) is 19.1 Å². The summed E-state index contributed by atoms with van der Waals surface area (Å²) in [5, 5.41) is 0. The van der Waals surface area contributed by atoms with Crippen molar-refractivity contribution in [3.05, 3.63) is 0 Å². The van der Waals surface area contributed by atoms with Crippen LogP contribution in [0.15, 0.2) is 0 Å². The van der Waals surface area contributed by atoms with E-state index < -0.39 is 5.41 Å². The highest BCUT2D eigenvalue weighted by Crippen LogP contribution is 2.49. The highest BCUT2D eigenvalue weighted by molar-refractivity contribution is 5.76. The van der Waals surface area contributed by atoms with Crippen molar-refractivity contribution >= 4 is 11.9 Å². The first-order chi connectivity index (χ1) is 11.7. The Morgan fingerprint density at radius 2 is 1.48 bits per heavy atom. The van der Waals surface area contributed by atoms with Gasteiger partial charge in [-0.15, -0.1) is 0 Å². The van der Waals surface area contributed by atoms with Gasteiger partial charge in [0.15, 0.2) is 0 Å². The molecule has 0 bridgehead atoms. The van der Waals surface area contributed by atoms with Gasteiger partial charge in [-0.05, 0) is 58.8 Å². The van der Waals surface area contributed by atoms with Crippen LogP contribution in [0, 0.1) is 10.8 Å². The minimum atomic E-state index is -0.502. The van der Waals surface area contributed by atoms with Crippen LogP contribution in [0.1, 0.15) is 99.3 Å². The van der Waals surface area contributed by atoms with Crippen molar-refractivity contribution in [3.8, 4) is 0 Å². The zero-order valence-corrected chi connectivity index (χ0v) is 17.2. The van der Waals surface area contributed by atoms with Gasteiger partial charge in [0, 0.05) is 5.41 Å². The lowest BCUT2D eigenvalue weighted by Gasteiger charge is -2.49. The molecule has 0 spiro atoms. The largest absolute Gasteiger partial charge is 0.465 e. The zero-order chi connectivity index (χ0) is 19.1. The molecule has 0 radical (unpaired) electrons. The molecule has 1 aliphatic carbocycles. The van der Waals surface area contributed by atoms with Gasteiger partial charge in [0.1, 0.15) is 12.2 Å². The molecule has 0 heterocycles. The second-order valence-corrected chi connectivity index (χ2v) is 8.42. The van der Waals surface area contributed by atoms with Crippen molar-refractivity contribution in [1.29, 1.82) is 0 Å². The molecule has 1 rings (SSSR count). The van der Waals surface area contributed by atoms with Crippen LogP contribution in [0.2, 0.25) is 0 Å². The fraction of sp³-hybridized carbons (Fsp3) is 0.905. The summed E-state index contributed by atoms with van der Waals surface area (Å²) in [6.07, 6.45) is 8.17. The van der Waals surface area contributed by atoms with Gasteiger partial charge in [-0.1, -0.05) is 34.1 Å². The second-order valence-electron chi connectivity index (χ2n) is 8.42. The molecule has 0 unspecified atom stereocenters. The van der Waals surface area contributed by atoms with E-state index in [0.717, 1.165) is 38.5 Å². The topological polar surface area (TPSA) is 52.6 Å². The average Bonchev–Trinajstić information content (AvgIpc) is 2.61. The minimum absolute atomic E-state index is 0.00393. The van der Waals surface area contributed by atoms with E-state index in [1.807, 2.05) is 20.8 Å². The Morgan fingerprint density at radius 3 is 1.96 bits per heavy atom. The molecule has 1 saturated carbocycles. The van der Waals surface area contributed by atoms with E-state index in [2.05, 4.69) is 20.8 Å². The van der Waals surface area contributed by atoms with Gasteiger partial charge in [-0.25, -0.2) is 0 Å². The maximum atomic E-state index is 12.5. The predicted octanol–water partition coefficient (Wildman–Crippen LogP) is 5.43. The van der Waals surface area contributed by atoms with Crippen molar-refractivity contribution in [2.75, 3.05) is 6.61 Å². The molecule has 0 atom stereocenters. The Labute approximate surface area is 154 Å². The number of hydrogen-bond donors (Lipinski definition) is 0. The summed E-state index contributed by atoms with van der Waals surface area (Å²) in [5.41, 5.74) is -0.861. The lowest BCUT2D eigenvalue weighted by Crippen LogP contribution is -2.51. The van der Waals surface area contributed by atoms with Crippen LogP contribution in [0.3, 0.4) is 0 Å². The summed E-state index contributed by atoms with van der Waals surface area (Å²) in [6, 6.07) is 0. The maximum absolute atomic E-state index is 12.5. The highest BCUT2D eigenvalue weighted by atomic mass is 16.6. The zero-order valence-electron chi connectivity index (χ0n) is 17.2. The second kappa shape index (κ2) is 9.05. The third-order valence-electron chi connectivity index (χ3n) is 6.61. The molecule has 0 aliphatic heterocycles. The number of esters is 2. The Bertz CT molecular complexity index is 443. The lowest BCUT2D eigenvalue weighted by atomic mass is 9.63. The van der Waals surface area contributed by atoms with Crippen LogP contribution in [-0.4, -0.2) is 24.1 Å². The van der Waals surface area contributed by atoms with Crippen LogP contribution in [0.5, 0.6) is 0 Å². The summed E-state index contributed by atoms with van der Waals surface area (Å²) in [6.45, 7) is 12.4. The predicted molar refractivity (Wildman–Crippen MR) is 100 cm³/mol. The fourth-order valence-electron chi connectivity index (χ4n) is 3.68. The van der Waals surface area contributed by atoms with Crippen molar-refractivity contribution in [2.24, 2.45) is 10.8 Å². The Kier molecular flexibility index (Phi) is 7.95. The molecule has 0 amide bonds. The summed E-state index contributed by atoms with van der Waals surface area (Å²) in [5.74, 6) is -0.487. The van der Waals surface area contributed by atoms with E-state index >= 15 is 0 Å². The van der Waals surface area contributed by atoms with Gasteiger partial charge in [0.05, 0.1) is 11.8 Å². The average molecular weight is 355 g/mol. The van der Waals surface area contributed by atoms with Gasteiger partial charge >= 0.3 is 11.9 Å². The van der Waals surface area contributed by atoms with Gasteiger partial charge in [0.2, 0.25) is 0 Å². The summed E-state index contributed by atoms with van der Waals surface area (Å²) in [7, 11) is 0. The molecule has 1 aliphatic rings. The van der Waals surface area contributed by atoms with Crippen molar-refractivity contribution in [1.82, 2.24) is 0 Å². The third kappa shape index (κ3) is 5.21. The van der Waals surface area contributed by atoms with Crippen LogP contribution < -0.4 is 0 Å².